The number of nitrogens with zero attached hydrogens (tertiary/aromatic N) is 2. The summed E-state index contributed by atoms with van der Waals surface area (Å²) >= 11 is 0. The van der Waals surface area contributed by atoms with Gasteiger partial charge in [0.2, 0.25) is 5.60 Å². The number of carbonyl (C=O) groups excluding carboxylic acids is 2. The lowest BCUT2D eigenvalue weighted by Crippen LogP contribution is -2.65. The smallest absolute Gasteiger partial charge is 0.404 e. The van der Waals surface area contributed by atoms with Crippen LogP contribution in [0.2, 0.25) is 0 Å². The fourth-order valence-corrected chi connectivity index (χ4v) is 8.32. The van der Waals surface area contributed by atoms with Gasteiger partial charge in [-0.2, -0.15) is 0 Å². The fraction of sp³-hybridized carbons (Fsp3) is 0.611. The van der Waals surface area contributed by atoms with E-state index in [2.05, 4.69) is 55.4 Å². The van der Waals surface area contributed by atoms with Crippen molar-refractivity contribution in [2.45, 2.75) is 103 Å². The summed E-state index contributed by atoms with van der Waals surface area (Å²) in [7, 11) is 0.996. The predicted molar refractivity (Wildman–Crippen MR) is 180 cm³/mol. The summed E-state index contributed by atoms with van der Waals surface area (Å²) < 4.78 is 19.0. The number of pyridine rings is 1. The summed E-state index contributed by atoms with van der Waals surface area (Å²) in [6, 6.07) is 14.4. The zero-order valence-corrected chi connectivity index (χ0v) is 28.7. The molecule has 1 unspecified atom stereocenters. The van der Waals surface area contributed by atoms with Gasteiger partial charge in [0.05, 0.1) is 36.0 Å². The maximum Gasteiger partial charge on any atom is 0.481 e. The number of oxime groups is 1. The summed E-state index contributed by atoms with van der Waals surface area (Å²) in [5, 5.41) is 10.7. The van der Waals surface area contributed by atoms with Crippen LogP contribution in [0.4, 0.5) is 0 Å². The summed E-state index contributed by atoms with van der Waals surface area (Å²) in [5.74, 6) is 0.307. The highest BCUT2D eigenvalue weighted by Crippen LogP contribution is 2.65. The van der Waals surface area contributed by atoms with Crippen molar-refractivity contribution in [2.75, 3.05) is 13.7 Å². The zero-order valence-electron chi connectivity index (χ0n) is 28.7. The number of benzene rings is 1. The second-order valence-corrected chi connectivity index (χ2v) is 15.2. The van der Waals surface area contributed by atoms with Crippen LogP contribution in [-0.2, 0) is 30.1 Å². The van der Waals surface area contributed by atoms with E-state index in [1.807, 2.05) is 43.3 Å². The molecule has 1 aromatic carbocycles. The molecule has 10 nitrogen and oxygen atoms in total. The van der Waals surface area contributed by atoms with Crippen molar-refractivity contribution < 1.29 is 28.5 Å². The molecule has 1 saturated heterocycles. The van der Waals surface area contributed by atoms with Crippen LogP contribution in [0.3, 0.4) is 0 Å². The second kappa shape index (κ2) is 13.0. The first-order chi connectivity index (χ1) is 22.3. The van der Waals surface area contributed by atoms with Crippen LogP contribution in [0.5, 0.6) is 0 Å². The van der Waals surface area contributed by atoms with Crippen molar-refractivity contribution in [3.63, 3.8) is 0 Å². The Morgan fingerprint density at radius 1 is 1.06 bits per heavy atom. The maximum atomic E-state index is 14.5. The highest BCUT2D eigenvalue weighted by atomic mass is 16.7. The Bertz CT molecular complexity index is 1500. The molecule has 2 bridgehead atoms. The minimum atomic E-state index is -1.34. The lowest BCUT2D eigenvalue weighted by molar-refractivity contribution is -0.199. The molecule has 0 spiro atoms. The first-order valence-electron chi connectivity index (χ1n) is 17.0. The molecule has 2 aromatic rings. The minimum absolute atomic E-state index is 0.00749. The van der Waals surface area contributed by atoms with Gasteiger partial charge in [-0.25, -0.2) is 4.98 Å². The Balaban J connectivity index is 1.23. The highest BCUT2D eigenvalue weighted by Gasteiger charge is 2.68. The Labute approximate surface area is 278 Å². The van der Waals surface area contributed by atoms with Crippen molar-refractivity contribution >= 4 is 24.6 Å². The number of nitrogens with one attached hydrogen (secondary N) is 2. The number of hydrogen-bond acceptors (Lipinski definition) is 8. The third kappa shape index (κ3) is 6.46. The van der Waals surface area contributed by atoms with Crippen molar-refractivity contribution in [2.24, 2.45) is 28.3 Å². The van der Waals surface area contributed by atoms with Crippen molar-refractivity contribution in [3.8, 4) is 0 Å². The van der Waals surface area contributed by atoms with Crippen molar-refractivity contribution in [3.05, 3.63) is 65.5 Å². The van der Waals surface area contributed by atoms with E-state index in [4.69, 9.17) is 18.9 Å². The normalized spacial score (nSPS) is 30.1. The minimum Gasteiger partial charge on any atom is -0.404 e. The number of carbonyl (C=O) groups is 2. The van der Waals surface area contributed by atoms with Gasteiger partial charge in [-0.1, -0.05) is 69.2 Å². The van der Waals surface area contributed by atoms with Gasteiger partial charge in [0, 0.05) is 25.6 Å². The van der Waals surface area contributed by atoms with Crippen molar-refractivity contribution in [1.82, 2.24) is 15.6 Å². The van der Waals surface area contributed by atoms with E-state index in [1.165, 1.54) is 0 Å². The molecule has 0 radical (unpaired) electrons. The quantitative estimate of drug-likeness (QED) is 0.322. The fourth-order valence-electron chi connectivity index (χ4n) is 8.32. The Morgan fingerprint density at radius 3 is 2.51 bits per heavy atom. The number of ether oxygens (including phenoxy) is 1. The van der Waals surface area contributed by atoms with Gasteiger partial charge >= 0.3 is 7.12 Å². The Kier molecular flexibility index (Phi) is 9.28. The highest BCUT2D eigenvalue weighted by molar-refractivity contribution is 6.48. The average Bonchev–Trinajstić information content (AvgIpc) is 3.62. The molecule has 4 fully saturated rings. The molecule has 3 aliphatic carbocycles. The first-order valence-corrected chi connectivity index (χ1v) is 17.0. The van der Waals surface area contributed by atoms with E-state index in [-0.39, 0.29) is 53.8 Å². The molecule has 11 heteroatoms. The largest absolute Gasteiger partial charge is 0.481 e. The van der Waals surface area contributed by atoms with Crippen LogP contribution in [0.25, 0.3) is 0 Å². The zero-order chi connectivity index (χ0) is 33.6. The van der Waals surface area contributed by atoms with E-state index in [9.17, 15) is 9.59 Å². The lowest BCUT2D eigenvalue weighted by atomic mass is 9.43. The van der Waals surface area contributed by atoms with Gasteiger partial charge in [0.25, 0.3) is 11.8 Å². The monoisotopic (exact) mass is 644 g/mol. The SMILES string of the molecule is COC[C@H](NC(=O)c1cccc(C)n1)C1=NOC(Cc2ccccc2)(C(=O)N[C@@H](CC(C)C)B2O[C@@H]3C[C@@H]4C[C@@H](C4(C)C)[C@]3(C)O2)C1. The van der Waals surface area contributed by atoms with E-state index >= 15 is 0 Å². The molecule has 2 amide bonds. The number of aryl methyl sites for hydroxylation is 1. The summed E-state index contributed by atoms with van der Waals surface area (Å²) in [4.78, 5) is 38.2. The van der Waals surface area contributed by atoms with Gasteiger partial charge < -0.3 is 29.5 Å². The standard InChI is InChI=1S/C36H49BN4O6/c1-22(2)16-31(37-45-30-18-25-17-29(34(25,4)5)35(30,6)46-37)40-33(43)36(19-24-13-9-8-10-14-24)20-27(41-47-36)28(21-44-7)39-32(42)26-15-11-12-23(3)38-26/h8-15,22,25,28-31H,16-21H2,1-7H3,(H,39,42)(H,40,43)/t25-,28-,29-,30+,31-,35-,36?/m0/s1. The Hall–Kier alpha value is -3.28. The van der Waals surface area contributed by atoms with Gasteiger partial charge in [-0.15, -0.1) is 0 Å². The third-order valence-electron chi connectivity index (χ3n) is 11.1. The average molecular weight is 645 g/mol. The molecule has 7 rings (SSSR count). The van der Waals surface area contributed by atoms with E-state index in [1.54, 1.807) is 19.2 Å². The third-order valence-corrected chi connectivity index (χ3v) is 11.1. The predicted octanol–water partition coefficient (Wildman–Crippen LogP) is 4.69. The lowest BCUT2D eigenvalue weighted by Gasteiger charge is -2.64. The molecule has 2 N–H and O–H groups in total. The number of aromatic nitrogens is 1. The first kappa shape index (κ1) is 33.6. The second-order valence-electron chi connectivity index (χ2n) is 15.2. The van der Waals surface area contributed by atoms with Gasteiger partial charge in [0.1, 0.15) is 5.69 Å². The Morgan fingerprint density at radius 2 is 1.83 bits per heavy atom. The number of rotatable bonds is 12. The van der Waals surface area contributed by atoms with Crippen LogP contribution in [0.1, 0.15) is 82.0 Å². The summed E-state index contributed by atoms with van der Waals surface area (Å²) in [6.45, 7) is 13.1. The van der Waals surface area contributed by atoms with Crippen LogP contribution in [0.15, 0.2) is 53.7 Å². The molecular formula is C36H49BN4O6. The molecule has 2 aliphatic heterocycles. The topological polar surface area (TPSA) is 120 Å². The number of methoxy groups -OCH3 is 1. The molecule has 7 atom stereocenters. The van der Waals surface area contributed by atoms with E-state index < -0.39 is 18.8 Å². The van der Waals surface area contributed by atoms with Crippen LogP contribution >= 0.6 is 0 Å². The molecule has 3 saturated carbocycles. The molecule has 47 heavy (non-hydrogen) atoms. The van der Waals surface area contributed by atoms with Crippen LogP contribution in [-0.4, -0.2) is 72.6 Å². The van der Waals surface area contributed by atoms with Gasteiger partial charge in [-0.05, 0) is 74.0 Å². The molecule has 1 aromatic heterocycles. The van der Waals surface area contributed by atoms with E-state index in [0.29, 0.717) is 36.1 Å². The van der Waals surface area contributed by atoms with Crippen LogP contribution in [0, 0.1) is 30.1 Å². The molecule has 5 aliphatic rings. The van der Waals surface area contributed by atoms with E-state index in [0.717, 1.165) is 24.1 Å². The summed E-state index contributed by atoms with van der Waals surface area (Å²) in [5.41, 5.74) is 0.974. The number of amides is 2. The molecule has 3 heterocycles. The van der Waals surface area contributed by atoms with Gasteiger partial charge in [-0.3, -0.25) is 9.59 Å². The molecule has 252 valence electrons. The maximum absolute atomic E-state index is 14.5. The van der Waals surface area contributed by atoms with Crippen molar-refractivity contribution in [1.29, 1.82) is 0 Å². The summed E-state index contributed by atoms with van der Waals surface area (Å²) in [6.07, 6.45) is 3.28. The van der Waals surface area contributed by atoms with Gasteiger partial charge in [0.15, 0.2) is 0 Å². The van der Waals surface area contributed by atoms with Crippen LogP contribution < -0.4 is 10.6 Å². The number of hydrogen-bond donors (Lipinski definition) is 2. The molecular weight excluding hydrogens is 595 g/mol.